The predicted octanol–water partition coefficient (Wildman–Crippen LogP) is 3.24. The predicted molar refractivity (Wildman–Crippen MR) is 174 cm³/mol. The van der Waals surface area contributed by atoms with Crippen LogP contribution in [0.5, 0.6) is 11.5 Å². The van der Waals surface area contributed by atoms with Gasteiger partial charge in [-0.2, -0.15) is 4.31 Å². The first-order chi connectivity index (χ1) is 24.1. The molecule has 0 saturated carbocycles. The molecule has 0 fully saturated rings. The Morgan fingerprint density at radius 3 is 2.04 bits per heavy atom. The van der Waals surface area contributed by atoms with E-state index in [2.05, 4.69) is 9.68 Å². The molecule has 1 aromatic heterocycles. The van der Waals surface area contributed by atoms with E-state index in [9.17, 15) is 46.7 Å². The van der Waals surface area contributed by atoms with Gasteiger partial charge in [-0.15, -0.1) is 31.6 Å². The Morgan fingerprint density at radius 2 is 1.53 bits per heavy atom. The molecule has 2 aromatic carbocycles. The van der Waals surface area contributed by atoms with Gasteiger partial charge < -0.3 is 23.9 Å². The third kappa shape index (κ3) is 10.0. The highest BCUT2D eigenvalue weighted by Crippen LogP contribution is 2.42. The standard InChI is InChI=1S/C28H31N5O15S3/c1-3-31(28(35)48-22-11-7-20(8-12-22)18-46-33(38)39)24-16-30(13-4-14-44-2)51(42,43)26-23(24)15-25(49-26)50(40,41)29-27(34)47-21-9-5-19(6-10-21)17-45-32(36)37/h5-12,15,24H,3-4,13-14,16-18H2,1-2H3,(H,29,34)/t24-/m0/s1. The van der Waals surface area contributed by atoms with Crippen LogP contribution in [0.25, 0.3) is 0 Å². The molecule has 3 aromatic rings. The highest BCUT2D eigenvalue weighted by atomic mass is 32.3. The van der Waals surface area contributed by atoms with Crippen molar-refractivity contribution in [2.45, 2.75) is 41.0 Å². The number of carbonyl (C=O) groups excluding carboxylic acids is 2. The second-order valence-corrected chi connectivity index (χ2v) is 15.6. The summed E-state index contributed by atoms with van der Waals surface area (Å²) in [7, 11) is -7.55. The lowest BCUT2D eigenvalue weighted by Crippen LogP contribution is -2.47. The van der Waals surface area contributed by atoms with E-state index in [-0.39, 0.29) is 67.1 Å². The molecule has 51 heavy (non-hydrogen) atoms. The van der Waals surface area contributed by atoms with Crippen LogP contribution < -0.4 is 14.2 Å². The van der Waals surface area contributed by atoms with Crippen LogP contribution in [0.15, 0.2) is 63.0 Å². The molecule has 23 heteroatoms. The Bertz CT molecular complexity index is 1950. The Morgan fingerprint density at radius 1 is 0.980 bits per heavy atom. The van der Waals surface area contributed by atoms with Gasteiger partial charge >= 0.3 is 12.2 Å². The minimum Gasteiger partial charge on any atom is -0.410 e. The van der Waals surface area contributed by atoms with Crippen LogP contribution in [0.4, 0.5) is 9.59 Å². The van der Waals surface area contributed by atoms with Gasteiger partial charge in [0, 0.05) is 38.9 Å². The van der Waals surface area contributed by atoms with Crippen LogP contribution in [-0.2, 0) is 47.7 Å². The van der Waals surface area contributed by atoms with Crippen molar-refractivity contribution < 1.29 is 60.5 Å². The van der Waals surface area contributed by atoms with Crippen molar-refractivity contribution in [2.75, 3.05) is 33.4 Å². The van der Waals surface area contributed by atoms with Crippen molar-refractivity contribution in [2.24, 2.45) is 0 Å². The van der Waals surface area contributed by atoms with E-state index >= 15 is 0 Å². The Kier molecular flexibility index (Phi) is 12.7. The van der Waals surface area contributed by atoms with E-state index in [1.54, 1.807) is 11.6 Å². The van der Waals surface area contributed by atoms with Crippen molar-refractivity contribution in [3.05, 3.63) is 91.5 Å². The van der Waals surface area contributed by atoms with Crippen molar-refractivity contribution in [1.29, 1.82) is 0 Å². The third-order valence-electron chi connectivity index (χ3n) is 7.14. The van der Waals surface area contributed by atoms with Crippen LogP contribution in [0.2, 0.25) is 0 Å². The summed E-state index contributed by atoms with van der Waals surface area (Å²) in [5.74, 6) is -0.0382. The molecule has 1 aliphatic rings. The quantitative estimate of drug-likeness (QED) is 0.125. The average molecular weight is 774 g/mol. The van der Waals surface area contributed by atoms with E-state index in [1.807, 2.05) is 0 Å². The fourth-order valence-electron chi connectivity index (χ4n) is 4.79. The molecule has 2 amide bonds. The number of likely N-dealkylation sites (N-methyl/N-ethyl adjacent to an activating group) is 1. The number of fused-ring (bicyclic) bond motifs is 1. The zero-order valence-electron chi connectivity index (χ0n) is 26.9. The minimum absolute atomic E-state index is 0.00309. The van der Waals surface area contributed by atoms with Gasteiger partial charge in [0.25, 0.3) is 30.2 Å². The van der Waals surface area contributed by atoms with Gasteiger partial charge in [-0.25, -0.2) is 31.1 Å². The van der Waals surface area contributed by atoms with Crippen LogP contribution in [-0.4, -0.2) is 81.8 Å². The number of thiophene rings is 1. The summed E-state index contributed by atoms with van der Waals surface area (Å²) in [6.07, 6.45) is -2.03. The SMILES string of the molecule is CCN(C(=O)Oc1ccc(CO[N+](=O)[O-])cc1)[C@H]1CN(CCCOC)S(=O)(=O)c2sc(S(=O)(=O)NC(=O)Oc3ccc(CO[N+](=O)[O-])cc3)cc21. The van der Waals surface area contributed by atoms with E-state index in [0.29, 0.717) is 22.5 Å². The van der Waals surface area contributed by atoms with Gasteiger partial charge in [-0.1, -0.05) is 24.3 Å². The Labute approximate surface area is 294 Å². The molecule has 0 bridgehead atoms. The van der Waals surface area contributed by atoms with Gasteiger partial charge in [-0.3, -0.25) is 4.90 Å². The molecule has 0 radical (unpaired) electrons. The van der Waals surface area contributed by atoms with Crippen molar-refractivity contribution in [1.82, 2.24) is 13.9 Å². The molecular formula is C28H31N5O15S3. The number of sulfonamides is 2. The number of benzene rings is 2. The number of hydrogen-bond acceptors (Lipinski definition) is 16. The van der Waals surface area contributed by atoms with Crippen LogP contribution in [0.1, 0.15) is 36.1 Å². The lowest BCUT2D eigenvalue weighted by atomic mass is 10.1. The summed E-state index contributed by atoms with van der Waals surface area (Å²) in [5.41, 5.74) is 0.775. The number of carbonyl (C=O) groups is 2. The maximum Gasteiger partial charge on any atom is 0.426 e. The summed E-state index contributed by atoms with van der Waals surface area (Å²) >= 11 is 0.379. The Balaban J connectivity index is 1.58. The lowest BCUT2D eigenvalue weighted by Gasteiger charge is -2.37. The zero-order chi connectivity index (χ0) is 37.3. The summed E-state index contributed by atoms with van der Waals surface area (Å²) in [4.78, 5) is 56.7. The smallest absolute Gasteiger partial charge is 0.410 e. The zero-order valence-corrected chi connectivity index (χ0v) is 29.3. The maximum absolute atomic E-state index is 13.7. The maximum atomic E-state index is 13.7. The summed E-state index contributed by atoms with van der Waals surface area (Å²) in [6, 6.07) is 10.9. The highest BCUT2D eigenvalue weighted by Gasteiger charge is 2.44. The minimum atomic E-state index is -4.72. The fraction of sp³-hybridized carbons (Fsp3) is 0.357. The summed E-state index contributed by atoms with van der Waals surface area (Å²) in [6.45, 7) is 0.865. The van der Waals surface area contributed by atoms with E-state index in [1.165, 1.54) is 60.5 Å². The first-order valence-electron chi connectivity index (χ1n) is 14.7. The molecule has 0 saturated heterocycles. The second kappa shape index (κ2) is 16.7. The summed E-state index contributed by atoms with van der Waals surface area (Å²) in [5, 5.41) is 18.9. The molecule has 276 valence electrons. The van der Waals surface area contributed by atoms with Gasteiger partial charge in [0.15, 0.2) is 0 Å². The monoisotopic (exact) mass is 773 g/mol. The molecule has 4 rings (SSSR count). The first kappa shape index (κ1) is 38.7. The molecule has 1 aliphatic heterocycles. The largest absolute Gasteiger partial charge is 0.426 e. The average Bonchev–Trinajstić information content (AvgIpc) is 3.54. The molecule has 1 atom stereocenters. The molecular weight excluding hydrogens is 743 g/mol. The fourth-order valence-corrected chi connectivity index (χ4v) is 9.53. The molecule has 1 N–H and O–H groups in total. The number of amides is 2. The first-order valence-corrected chi connectivity index (χ1v) is 18.5. The number of nitrogens with one attached hydrogen (secondary N) is 1. The Hall–Kier alpha value is -5.10. The van der Waals surface area contributed by atoms with Crippen LogP contribution in [0.3, 0.4) is 0 Å². The van der Waals surface area contributed by atoms with Crippen LogP contribution >= 0.6 is 11.3 Å². The molecule has 0 aliphatic carbocycles. The second-order valence-electron chi connectivity index (χ2n) is 10.5. The molecule has 0 unspecified atom stereocenters. The van der Waals surface area contributed by atoms with Gasteiger partial charge in [0.1, 0.15) is 33.1 Å². The van der Waals surface area contributed by atoms with Crippen molar-refractivity contribution in [3.8, 4) is 11.5 Å². The van der Waals surface area contributed by atoms with Crippen molar-refractivity contribution >= 4 is 43.6 Å². The molecule has 20 nitrogen and oxygen atoms in total. The molecule has 2 heterocycles. The van der Waals surface area contributed by atoms with Gasteiger partial charge in [-0.05, 0) is 54.8 Å². The third-order valence-corrected chi connectivity index (χ3v) is 12.5. The summed E-state index contributed by atoms with van der Waals surface area (Å²) < 4.78 is 71.6. The number of rotatable bonds is 16. The molecule has 0 spiro atoms. The van der Waals surface area contributed by atoms with Crippen molar-refractivity contribution in [3.63, 3.8) is 0 Å². The van der Waals surface area contributed by atoms with E-state index in [4.69, 9.17) is 14.2 Å². The number of hydrogen-bond donors (Lipinski definition) is 1. The van der Waals surface area contributed by atoms with Gasteiger partial charge in [0.05, 0.1) is 6.04 Å². The van der Waals surface area contributed by atoms with Crippen LogP contribution in [0, 0.1) is 20.2 Å². The number of methoxy groups -OCH3 is 1. The number of nitrogens with zero attached hydrogens (tertiary/aromatic N) is 4. The lowest BCUT2D eigenvalue weighted by molar-refractivity contribution is -0.763. The number of ether oxygens (including phenoxy) is 3. The highest BCUT2D eigenvalue weighted by molar-refractivity contribution is 7.94. The van der Waals surface area contributed by atoms with E-state index < -0.39 is 52.7 Å². The normalized spacial score (nSPS) is 15.2. The topological polar surface area (TPSA) is 253 Å². The van der Waals surface area contributed by atoms with Gasteiger partial charge in [0.2, 0.25) is 0 Å². The van der Waals surface area contributed by atoms with E-state index in [0.717, 1.165) is 10.4 Å².